The van der Waals surface area contributed by atoms with Crippen LogP contribution in [0.5, 0.6) is 0 Å². The zero-order valence-corrected chi connectivity index (χ0v) is 17.9. The Hall–Kier alpha value is -2.98. The molecule has 1 N–H and O–H groups in total. The fraction of sp³-hybridized carbons (Fsp3) is 0.250. The van der Waals surface area contributed by atoms with Gasteiger partial charge in [-0.2, -0.15) is 0 Å². The van der Waals surface area contributed by atoms with Crippen molar-refractivity contribution in [1.82, 2.24) is 14.8 Å². The highest BCUT2D eigenvalue weighted by molar-refractivity contribution is 8.00. The molecule has 4 rings (SSSR count). The number of hydrogen-bond acceptors (Lipinski definition) is 6. The summed E-state index contributed by atoms with van der Waals surface area (Å²) in [4.78, 5) is 23.1. The molecule has 0 spiro atoms. The van der Waals surface area contributed by atoms with E-state index in [1.165, 1.54) is 36.0 Å². The van der Waals surface area contributed by atoms with Gasteiger partial charge in [-0.05, 0) is 38.0 Å². The van der Waals surface area contributed by atoms with Gasteiger partial charge in [0.05, 0.1) is 26.4 Å². The molecule has 11 heteroatoms. The molecule has 160 valence electrons. The average Bonchev–Trinajstić information content (AvgIpc) is 3.50. The third kappa shape index (κ3) is 4.54. The number of hydrogen-bond donors (Lipinski definition) is 1. The topological polar surface area (TPSA) is 103 Å². The van der Waals surface area contributed by atoms with Crippen molar-refractivity contribution in [3.63, 3.8) is 0 Å². The number of nitrogens with zero attached hydrogens (tertiary/aromatic N) is 4. The standard InChI is InChI=1S/C20H17ClFN5O3S/c1-11(19(28)23-17-10-13(27(29)30)8-9-15(17)21)31-20-25-24-18(26(20)12-6-7-12)14-4-2-3-5-16(14)22/h2-5,8-12H,6-7H2,1H3,(H,23,28). The number of aromatic nitrogens is 3. The summed E-state index contributed by atoms with van der Waals surface area (Å²) < 4.78 is 16.2. The van der Waals surface area contributed by atoms with Crippen LogP contribution in [0.2, 0.25) is 5.02 Å². The molecule has 2 aromatic carbocycles. The van der Waals surface area contributed by atoms with E-state index < -0.39 is 16.1 Å². The molecule has 1 aliphatic carbocycles. The van der Waals surface area contributed by atoms with Crippen LogP contribution in [-0.2, 0) is 4.79 Å². The van der Waals surface area contributed by atoms with E-state index in [2.05, 4.69) is 15.5 Å². The molecule has 0 aliphatic heterocycles. The highest BCUT2D eigenvalue weighted by Gasteiger charge is 2.32. The summed E-state index contributed by atoms with van der Waals surface area (Å²) in [7, 11) is 0. The Morgan fingerprint density at radius 3 is 2.74 bits per heavy atom. The van der Waals surface area contributed by atoms with E-state index in [0.717, 1.165) is 12.8 Å². The molecule has 1 aliphatic rings. The van der Waals surface area contributed by atoms with Crippen molar-refractivity contribution in [2.45, 2.75) is 36.2 Å². The molecule has 1 fully saturated rings. The predicted molar refractivity (Wildman–Crippen MR) is 116 cm³/mol. The molecule has 1 saturated carbocycles. The van der Waals surface area contributed by atoms with Gasteiger partial charge in [-0.3, -0.25) is 19.5 Å². The van der Waals surface area contributed by atoms with Gasteiger partial charge in [-0.15, -0.1) is 10.2 Å². The first-order valence-electron chi connectivity index (χ1n) is 9.46. The van der Waals surface area contributed by atoms with Crippen molar-refractivity contribution in [1.29, 1.82) is 0 Å². The van der Waals surface area contributed by atoms with Crippen molar-refractivity contribution in [3.05, 3.63) is 63.4 Å². The van der Waals surface area contributed by atoms with Crippen LogP contribution >= 0.6 is 23.4 Å². The Morgan fingerprint density at radius 1 is 1.32 bits per heavy atom. The number of thioether (sulfide) groups is 1. The number of carbonyl (C=O) groups is 1. The van der Waals surface area contributed by atoms with Crippen LogP contribution in [0.15, 0.2) is 47.6 Å². The third-order valence-corrected chi connectivity index (χ3v) is 6.15. The number of carbonyl (C=O) groups excluding carboxylic acids is 1. The van der Waals surface area contributed by atoms with Crippen LogP contribution in [0, 0.1) is 15.9 Å². The molecule has 1 aromatic heterocycles. The predicted octanol–water partition coefficient (Wildman–Crippen LogP) is 5.10. The lowest BCUT2D eigenvalue weighted by Crippen LogP contribution is -2.23. The van der Waals surface area contributed by atoms with Crippen molar-refractivity contribution >= 4 is 40.6 Å². The van der Waals surface area contributed by atoms with Crippen LogP contribution in [0.3, 0.4) is 0 Å². The summed E-state index contributed by atoms with van der Waals surface area (Å²) in [5.74, 6) is -0.359. The van der Waals surface area contributed by atoms with Gasteiger partial charge in [0.1, 0.15) is 5.82 Å². The fourth-order valence-corrected chi connectivity index (χ4v) is 4.10. The normalized spacial score (nSPS) is 14.3. The number of nitro groups is 1. The largest absolute Gasteiger partial charge is 0.324 e. The maximum atomic E-state index is 14.3. The number of non-ortho nitro benzene ring substituents is 1. The second-order valence-corrected chi connectivity index (χ2v) is 8.77. The average molecular weight is 462 g/mol. The van der Waals surface area contributed by atoms with E-state index in [1.807, 2.05) is 4.57 Å². The van der Waals surface area contributed by atoms with Crippen molar-refractivity contribution in [3.8, 4) is 11.4 Å². The first-order valence-corrected chi connectivity index (χ1v) is 10.7. The Kier molecular flexibility index (Phi) is 5.92. The molecule has 1 amide bonds. The molecule has 31 heavy (non-hydrogen) atoms. The van der Waals surface area contributed by atoms with Crippen LogP contribution in [-0.4, -0.2) is 30.8 Å². The summed E-state index contributed by atoms with van der Waals surface area (Å²) in [6.45, 7) is 1.68. The van der Waals surface area contributed by atoms with Gasteiger partial charge < -0.3 is 5.32 Å². The lowest BCUT2D eigenvalue weighted by molar-refractivity contribution is -0.384. The van der Waals surface area contributed by atoms with Gasteiger partial charge in [-0.1, -0.05) is 35.5 Å². The van der Waals surface area contributed by atoms with Crippen LogP contribution in [0.1, 0.15) is 25.8 Å². The number of nitrogens with one attached hydrogen (secondary N) is 1. The van der Waals surface area contributed by atoms with E-state index in [4.69, 9.17) is 11.6 Å². The minimum absolute atomic E-state index is 0.157. The second kappa shape index (κ2) is 8.64. The summed E-state index contributed by atoms with van der Waals surface area (Å²) in [5, 5.41) is 22.1. The van der Waals surface area contributed by atoms with Crippen LogP contribution in [0.4, 0.5) is 15.8 Å². The van der Waals surface area contributed by atoms with Crippen molar-refractivity contribution in [2.24, 2.45) is 0 Å². The van der Waals surface area contributed by atoms with Crippen LogP contribution in [0.25, 0.3) is 11.4 Å². The maximum Gasteiger partial charge on any atom is 0.271 e. The molecular formula is C20H17ClFN5O3S. The van der Waals surface area contributed by atoms with Crippen molar-refractivity contribution in [2.75, 3.05) is 5.32 Å². The lowest BCUT2D eigenvalue weighted by Gasteiger charge is -2.14. The molecule has 1 heterocycles. The SMILES string of the molecule is CC(Sc1nnc(-c2ccccc2F)n1C1CC1)C(=O)Nc1cc([N+](=O)[O-])ccc1Cl. The smallest absolute Gasteiger partial charge is 0.271 e. The Balaban J connectivity index is 1.55. The van der Waals surface area contributed by atoms with E-state index in [1.54, 1.807) is 25.1 Å². The Morgan fingerprint density at radius 2 is 2.06 bits per heavy atom. The van der Waals surface area contributed by atoms with Gasteiger partial charge in [0.25, 0.3) is 5.69 Å². The summed E-state index contributed by atoms with van der Waals surface area (Å²) >= 11 is 7.25. The maximum absolute atomic E-state index is 14.3. The highest BCUT2D eigenvalue weighted by Crippen LogP contribution is 2.42. The molecule has 1 atom stereocenters. The fourth-order valence-electron chi connectivity index (χ4n) is 3.01. The molecule has 0 bridgehead atoms. The molecule has 0 saturated heterocycles. The first-order chi connectivity index (χ1) is 14.8. The zero-order valence-electron chi connectivity index (χ0n) is 16.3. The van der Waals surface area contributed by atoms with E-state index in [9.17, 15) is 19.3 Å². The highest BCUT2D eigenvalue weighted by atomic mass is 35.5. The van der Waals surface area contributed by atoms with Gasteiger partial charge in [0.2, 0.25) is 5.91 Å². The number of amides is 1. The monoisotopic (exact) mass is 461 g/mol. The molecule has 1 unspecified atom stereocenters. The minimum atomic E-state index is -0.606. The van der Waals surface area contributed by atoms with Gasteiger partial charge >= 0.3 is 0 Å². The Labute approximate surface area is 186 Å². The number of nitro benzene ring substituents is 1. The number of halogens is 2. The first kappa shape index (κ1) is 21.3. The van der Waals surface area contributed by atoms with Gasteiger partial charge in [0, 0.05) is 18.2 Å². The van der Waals surface area contributed by atoms with Crippen molar-refractivity contribution < 1.29 is 14.1 Å². The second-order valence-electron chi connectivity index (χ2n) is 7.06. The summed E-state index contributed by atoms with van der Waals surface area (Å²) in [6, 6.07) is 10.3. The van der Waals surface area contributed by atoms with Gasteiger partial charge in [0.15, 0.2) is 11.0 Å². The van der Waals surface area contributed by atoms with E-state index in [0.29, 0.717) is 16.5 Å². The number of anilines is 1. The zero-order chi connectivity index (χ0) is 22.1. The Bertz CT molecular complexity index is 1170. The van der Waals surface area contributed by atoms with E-state index >= 15 is 0 Å². The molecule has 0 radical (unpaired) electrons. The summed E-state index contributed by atoms with van der Waals surface area (Å²) in [6.07, 6.45) is 1.86. The molecule has 3 aromatic rings. The number of benzene rings is 2. The third-order valence-electron chi connectivity index (χ3n) is 4.76. The van der Waals surface area contributed by atoms with E-state index in [-0.39, 0.29) is 28.3 Å². The molecule has 8 nitrogen and oxygen atoms in total. The number of rotatable bonds is 7. The van der Waals surface area contributed by atoms with Crippen LogP contribution < -0.4 is 5.32 Å². The van der Waals surface area contributed by atoms with Gasteiger partial charge in [-0.25, -0.2) is 4.39 Å². The minimum Gasteiger partial charge on any atom is -0.324 e. The lowest BCUT2D eigenvalue weighted by atomic mass is 10.2. The summed E-state index contributed by atoms with van der Waals surface area (Å²) in [5.41, 5.74) is 0.335. The molecular weight excluding hydrogens is 445 g/mol. The quantitative estimate of drug-likeness (QED) is 0.298.